The molecule has 0 atom stereocenters. The molecule has 0 bridgehead atoms. The fourth-order valence-electron chi connectivity index (χ4n) is 0.0731. The van der Waals surface area contributed by atoms with Gasteiger partial charge in [0.15, 0.2) is 12.3 Å². The molecule has 0 N–H and O–H groups in total. The van der Waals surface area contributed by atoms with Crippen molar-refractivity contribution >= 4 is 52.3 Å². The Kier molecular flexibility index (Phi) is 7.46. The SMILES string of the molecule is O=S1(=O)OSO1.[Ag].[Na]. The first kappa shape index (κ1) is 12.6. The molecule has 1 saturated heterocycles. The quantitative estimate of drug-likeness (QED) is 0.432. The van der Waals surface area contributed by atoms with Crippen molar-refractivity contribution in [1.29, 1.82) is 0 Å². The van der Waals surface area contributed by atoms with Gasteiger partial charge >= 0.3 is 10.4 Å². The van der Waals surface area contributed by atoms with E-state index in [4.69, 9.17) is 0 Å². The third kappa shape index (κ3) is 3.89. The van der Waals surface area contributed by atoms with Crippen LogP contribution in [0.5, 0.6) is 0 Å². The standard InChI is InChI=1S/Ag.Na.O4S2/c;;1-6(2)3-5-4-6. The zero-order valence-corrected chi connectivity index (χ0v) is 8.87. The largest absolute Gasteiger partial charge is 0.425 e. The van der Waals surface area contributed by atoms with Crippen molar-refractivity contribution in [3.8, 4) is 0 Å². The van der Waals surface area contributed by atoms with Gasteiger partial charge < -0.3 is 0 Å². The van der Waals surface area contributed by atoms with E-state index in [0.717, 1.165) is 0 Å². The molecule has 1 aliphatic heterocycles. The van der Waals surface area contributed by atoms with E-state index in [1.54, 1.807) is 0 Å². The zero-order valence-electron chi connectivity index (χ0n) is 3.75. The average Bonchev–Trinajstić information content (AvgIpc) is 1.32. The van der Waals surface area contributed by atoms with Crippen LogP contribution in [-0.4, -0.2) is 38.0 Å². The van der Waals surface area contributed by atoms with Gasteiger partial charge in [-0.1, -0.05) is 0 Å². The van der Waals surface area contributed by atoms with Crippen LogP contribution in [0.3, 0.4) is 0 Å². The van der Waals surface area contributed by atoms with Crippen molar-refractivity contribution < 1.29 is 38.1 Å². The van der Waals surface area contributed by atoms with E-state index in [0.29, 0.717) is 12.3 Å². The normalized spacial score (nSPS) is 21.5. The van der Waals surface area contributed by atoms with Crippen LogP contribution in [0.4, 0.5) is 0 Å². The molecular weight excluding hydrogens is 259 g/mol. The summed E-state index contributed by atoms with van der Waals surface area (Å²) in [6, 6.07) is 0. The second-order valence-corrected chi connectivity index (χ2v) is 2.65. The van der Waals surface area contributed by atoms with Gasteiger partial charge in [-0.15, -0.1) is 7.26 Å². The molecule has 48 valence electrons. The van der Waals surface area contributed by atoms with Crippen LogP contribution in [0.1, 0.15) is 0 Å². The van der Waals surface area contributed by atoms with E-state index in [-0.39, 0.29) is 51.9 Å². The van der Waals surface area contributed by atoms with Gasteiger partial charge in [0.2, 0.25) is 0 Å². The topological polar surface area (TPSA) is 52.6 Å². The Morgan fingerprint density at radius 3 is 1.50 bits per heavy atom. The predicted octanol–water partition coefficient (Wildman–Crippen LogP) is -0.542. The minimum atomic E-state index is -3.52. The molecule has 1 aliphatic rings. The number of hydrogen-bond donors (Lipinski definition) is 0. The summed E-state index contributed by atoms with van der Waals surface area (Å²) >= 11 is 0.456. The Bertz CT molecular complexity index is 128. The summed E-state index contributed by atoms with van der Waals surface area (Å²) in [5, 5.41) is 0. The number of rotatable bonds is 0. The van der Waals surface area contributed by atoms with Crippen molar-refractivity contribution in [1.82, 2.24) is 0 Å². The third-order valence-corrected chi connectivity index (χ3v) is 2.00. The first-order valence-corrected chi connectivity index (χ1v) is 3.00. The predicted molar refractivity (Wildman–Crippen MR) is 24.4 cm³/mol. The van der Waals surface area contributed by atoms with Gasteiger partial charge in [-0.3, -0.25) is 0 Å². The third-order valence-electron chi connectivity index (χ3n) is 0.222. The fraction of sp³-hybridized carbons (Fsp3) is 0. The van der Waals surface area contributed by atoms with E-state index in [1.807, 2.05) is 0 Å². The Labute approximate surface area is 89.2 Å². The average molecular weight is 259 g/mol. The van der Waals surface area contributed by atoms with Crippen LogP contribution in [-0.2, 0) is 40.0 Å². The van der Waals surface area contributed by atoms with Crippen molar-refractivity contribution in [3.05, 3.63) is 0 Å². The van der Waals surface area contributed by atoms with Crippen LogP contribution in [0.25, 0.3) is 0 Å². The van der Waals surface area contributed by atoms with Crippen LogP contribution >= 0.6 is 12.3 Å². The van der Waals surface area contributed by atoms with Gasteiger partial charge in [0.1, 0.15) is 0 Å². The molecule has 0 aromatic carbocycles. The van der Waals surface area contributed by atoms with E-state index in [1.165, 1.54) is 0 Å². The van der Waals surface area contributed by atoms with Gasteiger partial charge in [-0.05, 0) is 0 Å². The number of hydrogen-bond acceptors (Lipinski definition) is 5. The van der Waals surface area contributed by atoms with Crippen molar-refractivity contribution in [2.75, 3.05) is 0 Å². The molecule has 8 heteroatoms. The summed E-state index contributed by atoms with van der Waals surface area (Å²) in [6.07, 6.45) is 0. The molecule has 0 spiro atoms. The molecule has 1 rings (SSSR count). The summed E-state index contributed by atoms with van der Waals surface area (Å²) in [4.78, 5) is 0. The molecule has 0 unspecified atom stereocenters. The van der Waals surface area contributed by atoms with Gasteiger partial charge in [-0.2, -0.15) is 8.42 Å². The first-order chi connectivity index (χ1) is 2.71. The smallest absolute Gasteiger partial charge is 0.167 e. The van der Waals surface area contributed by atoms with Crippen LogP contribution in [0.2, 0.25) is 0 Å². The molecule has 1 fully saturated rings. The maximum Gasteiger partial charge on any atom is 0.425 e. The van der Waals surface area contributed by atoms with Crippen molar-refractivity contribution in [3.63, 3.8) is 0 Å². The summed E-state index contributed by atoms with van der Waals surface area (Å²) in [6.45, 7) is 0. The maximum atomic E-state index is 9.62. The first-order valence-electron chi connectivity index (χ1n) is 1.00. The Morgan fingerprint density at radius 1 is 1.25 bits per heavy atom. The molecule has 2 radical (unpaired) electrons. The van der Waals surface area contributed by atoms with Gasteiger partial charge in [0.05, 0.1) is 0 Å². The van der Waals surface area contributed by atoms with Gasteiger partial charge in [0, 0.05) is 51.9 Å². The second-order valence-electron chi connectivity index (χ2n) is 0.612. The Hall–Kier alpha value is 1.96. The molecular formula is AgNaO4S2. The summed E-state index contributed by atoms with van der Waals surface area (Å²) in [7, 11) is -3.52. The van der Waals surface area contributed by atoms with Crippen LogP contribution < -0.4 is 0 Å². The van der Waals surface area contributed by atoms with E-state index in [9.17, 15) is 8.42 Å². The van der Waals surface area contributed by atoms with Crippen molar-refractivity contribution in [2.45, 2.75) is 0 Å². The Balaban J connectivity index is 0. The van der Waals surface area contributed by atoms with Crippen molar-refractivity contribution in [2.24, 2.45) is 0 Å². The van der Waals surface area contributed by atoms with Gasteiger partial charge in [0.25, 0.3) is 0 Å². The summed E-state index contributed by atoms with van der Waals surface area (Å²) < 4.78 is 26.8. The van der Waals surface area contributed by atoms with E-state index in [2.05, 4.69) is 7.26 Å². The zero-order chi connectivity index (χ0) is 4.62. The summed E-state index contributed by atoms with van der Waals surface area (Å²) in [5.74, 6) is 0. The molecule has 1 heterocycles. The molecule has 8 heavy (non-hydrogen) atoms. The fourth-order valence-corrected chi connectivity index (χ4v) is 0.658. The minimum Gasteiger partial charge on any atom is -0.167 e. The second kappa shape index (κ2) is 4.73. The van der Waals surface area contributed by atoms with Gasteiger partial charge in [-0.25, -0.2) is 0 Å². The van der Waals surface area contributed by atoms with Crippen LogP contribution in [0, 0.1) is 0 Å². The maximum absolute atomic E-state index is 9.62. The molecule has 4 nitrogen and oxygen atoms in total. The molecule has 0 aliphatic carbocycles. The Morgan fingerprint density at radius 2 is 1.50 bits per heavy atom. The monoisotopic (exact) mass is 258 g/mol. The van der Waals surface area contributed by atoms with E-state index >= 15 is 0 Å². The van der Waals surface area contributed by atoms with E-state index < -0.39 is 10.4 Å². The molecule has 0 aromatic heterocycles. The molecule has 0 saturated carbocycles. The minimum absolute atomic E-state index is 0. The van der Waals surface area contributed by atoms with Crippen LogP contribution in [0.15, 0.2) is 0 Å². The summed E-state index contributed by atoms with van der Waals surface area (Å²) in [5.41, 5.74) is 0. The molecule has 0 amide bonds. The molecule has 0 aromatic rings.